The zero-order valence-electron chi connectivity index (χ0n) is 34.1. The minimum Gasteiger partial charge on any atom is -0.481 e. The van der Waals surface area contributed by atoms with E-state index in [9.17, 15) is 57.8 Å². The molecule has 0 radical (unpaired) electrons. The Morgan fingerprint density at radius 2 is 1.22 bits per heavy atom. The van der Waals surface area contributed by atoms with E-state index in [0.29, 0.717) is 12.8 Å². The standard InChI is InChI=1S/C37H59N7O14/c1-8-11-22(31(51)36(56)38-18-28(50)58-9-2)40-34(54)25-12-10-17-44(25)37(57)30(20(5)6)43-35(55)29(19(3)4)42-33(53)24(14-16-27(48)49)41-32(52)23(39-21(7)45)13-15-26(46)47/h19-20,22-25,29-30H,8-18H2,1-7H3,(H,38,56)(H,39,45)(H,40,54)(H,41,52)(H,42,53)(H,43,55)(H,46,47)(H,48,49)/t22-,23-,24?,25-,29-,30-/m0/s1. The Labute approximate surface area is 336 Å². The summed E-state index contributed by atoms with van der Waals surface area (Å²) < 4.78 is 4.74. The molecule has 0 bridgehead atoms. The molecule has 1 unspecified atom stereocenters. The lowest BCUT2D eigenvalue weighted by Crippen LogP contribution is -2.61. The number of rotatable bonds is 25. The molecule has 21 heteroatoms. The predicted molar refractivity (Wildman–Crippen MR) is 203 cm³/mol. The van der Waals surface area contributed by atoms with Crippen LogP contribution in [0.1, 0.15) is 99.8 Å². The molecule has 1 aliphatic rings. The van der Waals surface area contributed by atoms with E-state index >= 15 is 0 Å². The first-order valence-electron chi connectivity index (χ1n) is 19.3. The Balaban J connectivity index is 3.21. The van der Waals surface area contributed by atoms with Gasteiger partial charge in [0, 0.05) is 26.3 Å². The highest BCUT2D eigenvalue weighted by Crippen LogP contribution is 2.21. The largest absolute Gasteiger partial charge is 0.481 e. The molecule has 1 saturated heterocycles. The third-order valence-corrected chi connectivity index (χ3v) is 9.07. The van der Waals surface area contributed by atoms with Gasteiger partial charge in [0.25, 0.3) is 5.91 Å². The molecule has 1 aliphatic heterocycles. The molecular weight excluding hydrogens is 766 g/mol. The molecule has 0 aromatic heterocycles. The van der Waals surface area contributed by atoms with Crippen LogP contribution in [-0.4, -0.2) is 136 Å². The topological polar surface area (TPSA) is 313 Å². The maximum absolute atomic E-state index is 14.0. The summed E-state index contributed by atoms with van der Waals surface area (Å²) in [7, 11) is 0. The van der Waals surface area contributed by atoms with E-state index in [1.54, 1.807) is 41.5 Å². The molecular formula is C37H59N7O14. The average molecular weight is 826 g/mol. The van der Waals surface area contributed by atoms with Crippen LogP contribution in [0.5, 0.6) is 0 Å². The number of carbonyl (C=O) groups excluding carboxylic acids is 9. The molecule has 0 aromatic rings. The van der Waals surface area contributed by atoms with Crippen molar-refractivity contribution in [2.75, 3.05) is 19.7 Å². The average Bonchev–Trinajstić information content (AvgIpc) is 3.64. The highest BCUT2D eigenvalue weighted by molar-refractivity contribution is 6.38. The third-order valence-electron chi connectivity index (χ3n) is 9.07. The summed E-state index contributed by atoms with van der Waals surface area (Å²) in [4.78, 5) is 141. The van der Waals surface area contributed by atoms with E-state index in [-0.39, 0.29) is 32.4 Å². The van der Waals surface area contributed by atoms with Crippen molar-refractivity contribution in [2.45, 2.75) is 136 Å². The maximum atomic E-state index is 14.0. The summed E-state index contributed by atoms with van der Waals surface area (Å²) in [6.07, 6.45) is -0.735. The van der Waals surface area contributed by atoms with Crippen molar-refractivity contribution in [2.24, 2.45) is 11.8 Å². The molecule has 326 valence electrons. The summed E-state index contributed by atoms with van der Waals surface area (Å²) >= 11 is 0. The molecule has 58 heavy (non-hydrogen) atoms. The number of aliphatic carboxylic acids is 2. The minimum atomic E-state index is -1.53. The van der Waals surface area contributed by atoms with Crippen LogP contribution in [0.2, 0.25) is 0 Å². The number of carboxylic acid groups (broad SMARTS) is 2. The Kier molecular flexibility index (Phi) is 21.6. The normalized spacial score (nSPS) is 16.2. The van der Waals surface area contributed by atoms with E-state index in [0.717, 1.165) is 6.92 Å². The van der Waals surface area contributed by atoms with Crippen molar-refractivity contribution < 1.29 is 67.7 Å². The lowest BCUT2D eigenvalue weighted by molar-refractivity contribution is -0.146. The molecule has 0 aromatic carbocycles. The van der Waals surface area contributed by atoms with Crippen LogP contribution in [0, 0.1) is 11.8 Å². The van der Waals surface area contributed by atoms with Crippen LogP contribution in [0.3, 0.4) is 0 Å². The molecule has 8 N–H and O–H groups in total. The van der Waals surface area contributed by atoms with Crippen LogP contribution >= 0.6 is 0 Å². The Bertz CT molecular complexity index is 1530. The molecule has 7 amide bonds. The second kappa shape index (κ2) is 24.9. The van der Waals surface area contributed by atoms with Crippen molar-refractivity contribution in [3.05, 3.63) is 0 Å². The number of carbonyl (C=O) groups is 11. The SMILES string of the molecule is CCC[C@H](NC(=O)[C@@H]1CCCN1C(=O)[C@@H](NC(=O)[C@@H](NC(=O)C(CCC(=O)O)NC(=O)[C@H](CCC(=O)O)NC(C)=O)C(C)C)C(C)C)C(=O)C(=O)NCC(=O)OCC. The number of hydrogen-bond donors (Lipinski definition) is 8. The minimum absolute atomic E-state index is 0.0742. The monoisotopic (exact) mass is 825 g/mol. The molecule has 0 spiro atoms. The number of ketones is 1. The van der Waals surface area contributed by atoms with E-state index in [1.807, 2.05) is 0 Å². The van der Waals surface area contributed by atoms with Gasteiger partial charge >= 0.3 is 17.9 Å². The molecule has 21 nitrogen and oxygen atoms in total. The molecule has 6 atom stereocenters. The van der Waals surface area contributed by atoms with Crippen LogP contribution in [0.25, 0.3) is 0 Å². The summed E-state index contributed by atoms with van der Waals surface area (Å²) in [5.41, 5.74) is 0. The van der Waals surface area contributed by atoms with Gasteiger partial charge in [-0.2, -0.15) is 0 Å². The maximum Gasteiger partial charge on any atom is 0.325 e. The highest BCUT2D eigenvalue weighted by atomic mass is 16.5. The third kappa shape index (κ3) is 16.8. The molecule has 0 aliphatic carbocycles. The van der Waals surface area contributed by atoms with Gasteiger partial charge < -0.3 is 51.8 Å². The number of hydrogen-bond acceptors (Lipinski definition) is 12. The highest BCUT2D eigenvalue weighted by Gasteiger charge is 2.41. The fraction of sp³-hybridized carbons (Fsp3) is 0.703. The van der Waals surface area contributed by atoms with Crippen molar-refractivity contribution in [1.82, 2.24) is 36.8 Å². The summed E-state index contributed by atoms with van der Waals surface area (Å²) in [5, 5.41) is 32.9. The Morgan fingerprint density at radius 1 is 0.690 bits per heavy atom. The van der Waals surface area contributed by atoms with Crippen molar-refractivity contribution in [3.63, 3.8) is 0 Å². The number of ether oxygens (including phenoxy) is 1. The van der Waals surface area contributed by atoms with Gasteiger partial charge in [-0.05, 0) is 50.9 Å². The zero-order chi connectivity index (χ0) is 44.3. The van der Waals surface area contributed by atoms with Gasteiger partial charge in [0.05, 0.1) is 12.6 Å². The van der Waals surface area contributed by atoms with Gasteiger partial charge in [-0.3, -0.25) is 52.7 Å². The second-order valence-corrected chi connectivity index (χ2v) is 14.5. The van der Waals surface area contributed by atoms with Gasteiger partial charge in [-0.25, -0.2) is 0 Å². The second-order valence-electron chi connectivity index (χ2n) is 14.5. The van der Waals surface area contributed by atoms with E-state index in [1.165, 1.54) is 4.90 Å². The smallest absolute Gasteiger partial charge is 0.325 e. The number of nitrogens with one attached hydrogen (secondary N) is 6. The lowest BCUT2D eigenvalue weighted by atomic mass is 9.98. The summed E-state index contributed by atoms with van der Waals surface area (Å²) in [6, 6.07) is -7.74. The number of likely N-dealkylation sites (tertiary alicyclic amines) is 1. The van der Waals surface area contributed by atoms with E-state index < -0.39 is 139 Å². The van der Waals surface area contributed by atoms with Crippen molar-refractivity contribution in [1.29, 1.82) is 0 Å². The Morgan fingerprint density at radius 3 is 1.72 bits per heavy atom. The van der Waals surface area contributed by atoms with Crippen LogP contribution < -0.4 is 31.9 Å². The van der Waals surface area contributed by atoms with E-state index in [4.69, 9.17) is 9.84 Å². The fourth-order valence-corrected chi connectivity index (χ4v) is 6.05. The summed E-state index contributed by atoms with van der Waals surface area (Å²) in [6.45, 7) is 10.5. The molecule has 1 fully saturated rings. The summed E-state index contributed by atoms with van der Waals surface area (Å²) in [5.74, 6) is -11.2. The quantitative estimate of drug-likeness (QED) is 0.0385. The van der Waals surface area contributed by atoms with Gasteiger partial charge in [0.15, 0.2) is 0 Å². The number of Topliss-reactive ketones (excluding diaryl/α,β-unsaturated/α-hetero) is 1. The van der Waals surface area contributed by atoms with Crippen molar-refractivity contribution >= 4 is 65.0 Å². The molecule has 1 heterocycles. The lowest BCUT2D eigenvalue weighted by Gasteiger charge is -2.33. The van der Waals surface area contributed by atoms with Gasteiger partial charge in [0.2, 0.25) is 41.2 Å². The van der Waals surface area contributed by atoms with E-state index in [2.05, 4.69) is 31.9 Å². The van der Waals surface area contributed by atoms with Gasteiger partial charge in [-0.1, -0.05) is 41.0 Å². The Hall–Kier alpha value is -5.63. The zero-order valence-corrected chi connectivity index (χ0v) is 34.1. The van der Waals surface area contributed by atoms with Crippen LogP contribution in [0.4, 0.5) is 0 Å². The number of carboxylic acids is 2. The van der Waals surface area contributed by atoms with Crippen molar-refractivity contribution in [3.8, 4) is 0 Å². The van der Waals surface area contributed by atoms with Crippen LogP contribution in [0.15, 0.2) is 0 Å². The predicted octanol–water partition coefficient (Wildman–Crippen LogP) is -1.49. The first kappa shape index (κ1) is 50.4. The van der Waals surface area contributed by atoms with Gasteiger partial charge in [0.1, 0.15) is 36.8 Å². The fourth-order valence-electron chi connectivity index (χ4n) is 6.05. The first-order valence-corrected chi connectivity index (χ1v) is 19.3. The number of amides is 7. The molecule has 0 saturated carbocycles. The van der Waals surface area contributed by atoms with Gasteiger partial charge in [-0.15, -0.1) is 0 Å². The number of esters is 1. The number of nitrogens with zero attached hydrogens (tertiary/aromatic N) is 1. The van der Waals surface area contributed by atoms with Crippen LogP contribution in [-0.2, 0) is 57.5 Å². The molecule has 1 rings (SSSR count). The first-order chi connectivity index (χ1) is 27.1.